The summed E-state index contributed by atoms with van der Waals surface area (Å²) in [6.45, 7) is 4.37. The maximum atomic E-state index is 10.9. The van der Waals surface area contributed by atoms with Crippen LogP contribution in [-0.2, 0) is 4.74 Å². The summed E-state index contributed by atoms with van der Waals surface area (Å²) in [5.41, 5.74) is 0. The van der Waals surface area contributed by atoms with Crippen molar-refractivity contribution in [2.24, 2.45) is 0 Å². The molecule has 0 saturated heterocycles. The molecule has 1 heterocycles. The predicted molar refractivity (Wildman–Crippen MR) is 62.6 cm³/mol. The second kappa shape index (κ2) is 5.86. The molecule has 0 aliphatic heterocycles. The van der Waals surface area contributed by atoms with Crippen molar-refractivity contribution in [3.8, 4) is 5.75 Å². The number of aryl methyl sites for hydroxylation is 1. The molecule has 1 aromatic heterocycles. The fraction of sp³-hybridized carbons (Fsp3) is 0.545. The molecule has 0 fully saturated rings. The number of carbonyl (C=O) groups is 1. The molecule has 0 saturated carbocycles. The van der Waals surface area contributed by atoms with Gasteiger partial charge in [0.1, 0.15) is 5.75 Å². The van der Waals surface area contributed by atoms with Gasteiger partial charge in [0.05, 0.1) is 6.10 Å². The molecule has 1 atom stereocenters. The van der Waals surface area contributed by atoms with Crippen molar-refractivity contribution in [1.29, 1.82) is 0 Å². The Morgan fingerprint density at radius 1 is 1.62 bits per heavy atom. The minimum atomic E-state index is -0.938. The van der Waals surface area contributed by atoms with E-state index in [0.717, 1.165) is 11.3 Å². The van der Waals surface area contributed by atoms with Crippen LogP contribution in [0.15, 0.2) is 6.07 Å². The number of methoxy groups -OCH3 is 1. The number of hydrogen-bond donors (Lipinski definition) is 1. The number of rotatable bonds is 6. The fourth-order valence-electron chi connectivity index (χ4n) is 1.29. The van der Waals surface area contributed by atoms with Gasteiger partial charge in [-0.15, -0.1) is 11.3 Å². The van der Waals surface area contributed by atoms with E-state index in [4.69, 9.17) is 14.6 Å². The van der Waals surface area contributed by atoms with Gasteiger partial charge in [-0.1, -0.05) is 0 Å². The van der Waals surface area contributed by atoms with Crippen LogP contribution in [0.2, 0.25) is 0 Å². The molecule has 0 bridgehead atoms. The Bertz CT molecular complexity index is 359. The molecule has 5 heteroatoms. The molecule has 4 nitrogen and oxygen atoms in total. The van der Waals surface area contributed by atoms with Gasteiger partial charge in [-0.2, -0.15) is 0 Å². The molecule has 0 aliphatic rings. The highest BCUT2D eigenvalue weighted by Gasteiger charge is 2.17. The van der Waals surface area contributed by atoms with E-state index >= 15 is 0 Å². The summed E-state index contributed by atoms with van der Waals surface area (Å²) in [5, 5.41) is 8.97. The molecule has 1 rings (SSSR count). The summed E-state index contributed by atoms with van der Waals surface area (Å²) in [5.74, 6) is -0.481. The van der Waals surface area contributed by atoms with Crippen LogP contribution in [0.3, 0.4) is 0 Å². The van der Waals surface area contributed by atoms with E-state index in [0.29, 0.717) is 12.4 Å². The number of thiophene rings is 1. The minimum absolute atomic E-state index is 0.0490. The van der Waals surface area contributed by atoms with E-state index in [-0.39, 0.29) is 11.0 Å². The standard InChI is InChI=1S/C11H16O4S/c1-7(4-5-14-3)15-9-6-8(2)16-10(9)11(12)13/h6-7H,4-5H2,1-3H3,(H,12,13). The quantitative estimate of drug-likeness (QED) is 0.835. The first-order valence-corrected chi connectivity index (χ1v) is 5.85. The molecular formula is C11H16O4S. The summed E-state index contributed by atoms with van der Waals surface area (Å²) in [6, 6.07) is 1.76. The van der Waals surface area contributed by atoms with Crippen molar-refractivity contribution in [2.75, 3.05) is 13.7 Å². The highest BCUT2D eigenvalue weighted by atomic mass is 32.1. The van der Waals surface area contributed by atoms with Crippen LogP contribution in [0.5, 0.6) is 5.75 Å². The predicted octanol–water partition coefficient (Wildman–Crippen LogP) is 2.56. The third-order valence-electron chi connectivity index (χ3n) is 2.07. The van der Waals surface area contributed by atoms with Gasteiger partial charge in [-0.05, 0) is 19.9 Å². The van der Waals surface area contributed by atoms with Gasteiger partial charge in [-0.3, -0.25) is 0 Å². The third kappa shape index (κ3) is 3.50. The molecule has 1 unspecified atom stereocenters. The lowest BCUT2D eigenvalue weighted by molar-refractivity contribution is 0.0694. The second-order valence-corrected chi connectivity index (χ2v) is 4.82. The van der Waals surface area contributed by atoms with E-state index in [1.165, 1.54) is 11.3 Å². The van der Waals surface area contributed by atoms with Gasteiger partial charge in [0.15, 0.2) is 4.88 Å². The zero-order chi connectivity index (χ0) is 12.1. The Hall–Kier alpha value is -1.07. The van der Waals surface area contributed by atoms with E-state index in [1.54, 1.807) is 13.2 Å². The zero-order valence-electron chi connectivity index (χ0n) is 9.65. The Balaban J connectivity index is 2.68. The molecule has 90 valence electrons. The second-order valence-electron chi connectivity index (χ2n) is 3.57. The highest BCUT2D eigenvalue weighted by Crippen LogP contribution is 2.29. The molecule has 1 N–H and O–H groups in total. The minimum Gasteiger partial charge on any atom is -0.489 e. The Labute approximate surface area is 98.8 Å². The monoisotopic (exact) mass is 244 g/mol. The highest BCUT2D eigenvalue weighted by molar-refractivity contribution is 7.14. The number of carboxylic acid groups (broad SMARTS) is 1. The van der Waals surface area contributed by atoms with Crippen molar-refractivity contribution in [2.45, 2.75) is 26.4 Å². The molecular weight excluding hydrogens is 228 g/mol. The van der Waals surface area contributed by atoms with Crippen LogP contribution < -0.4 is 4.74 Å². The lowest BCUT2D eigenvalue weighted by atomic mass is 10.3. The maximum Gasteiger partial charge on any atom is 0.349 e. The topological polar surface area (TPSA) is 55.8 Å². The van der Waals surface area contributed by atoms with Crippen molar-refractivity contribution in [3.63, 3.8) is 0 Å². The zero-order valence-corrected chi connectivity index (χ0v) is 10.5. The van der Waals surface area contributed by atoms with Gasteiger partial charge >= 0.3 is 5.97 Å². The fourth-order valence-corrected chi connectivity index (χ4v) is 2.07. The Morgan fingerprint density at radius 2 is 2.31 bits per heavy atom. The number of hydrogen-bond acceptors (Lipinski definition) is 4. The molecule has 0 radical (unpaired) electrons. The summed E-state index contributed by atoms with van der Waals surface area (Å²) >= 11 is 1.23. The summed E-state index contributed by atoms with van der Waals surface area (Å²) < 4.78 is 10.5. The van der Waals surface area contributed by atoms with E-state index in [1.807, 2.05) is 13.8 Å². The molecule has 0 aromatic carbocycles. The Kier molecular flexibility index (Phi) is 4.76. The van der Waals surface area contributed by atoms with E-state index in [9.17, 15) is 4.79 Å². The van der Waals surface area contributed by atoms with Crippen LogP contribution in [0.25, 0.3) is 0 Å². The van der Waals surface area contributed by atoms with Gasteiger partial charge in [0.25, 0.3) is 0 Å². The molecule has 1 aromatic rings. The first-order valence-electron chi connectivity index (χ1n) is 5.04. The average Bonchev–Trinajstić information content (AvgIpc) is 2.56. The number of ether oxygens (including phenoxy) is 2. The first-order chi connectivity index (χ1) is 7.54. The largest absolute Gasteiger partial charge is 0.489 e. The summed E-state index contributed by atoms with van der Waals surface area (Å²) in [6.07, 6.45) is 0.692. The third-order valence-corrected chi connectivity index (χ3v) is 3.09. The van der Waals surface area contributed by atoms with Gasteiger partial charge < -0.3 is 14.6 Å². The van der Waals surface area contributed by atoms with Crippen LogP contribution >= 0.6 is 11.3 Å². The number of aromatic carboxylic acids is 1. The van der Waals surface area contributed by atoms with E-state index < -0.39 is 5.97 Å². The molecule has 0 spiro atoms. The van der Waals surface area contributed by atoms with Crippen molar-refractivity contribution < 1.29 is 19.4 Å². The van der Waals surface area contributed by atoms with Crippen LogP contribution in [0.1, 0.15) is 27.9 Å². The van der Waals surface area contributed by atoms with Crippen LogP contribution in [-0.4, -0.2) is 30.9 Å². The Morgan fingerprint density at radius 3 is 2.88 bits per heavy atom. The summed E-state index contributed by atoms with van der Waals surface area (Å²) in [7, 11) is 1.63. The van der Waals surface area contributed by atoms with Crippen molar-refractivity contribution in [1.82, 2.24) is 0 Å². The molecule has 0 aliphatic carbocycles. The van der Waals surface area contributed by atoms with Crippen LogP contribution in [0.4, 0.5) is 0 Å². The van der Waals surface area contributed by atoms with E-state index in [2.05, 4.69) is 0 Å². The number of carboxylic acids is 1. The van der Waals surface area contributed by atoms with Crippen molar-refractivity contribution in [3.05, 3.63) is 15.8 Å². The van der Waals surface area contributed by atoms with Gasteiger partial charge in [0, 0.05) is 25.0 Å². The van der Waals surface area contributed by atoms with Gasteiger partial charge in [0.2, 0.25) is 0 Å². The molecule has 16 heavy (non-hydrogen) atoms. The molecule has 0 amide bonds. The maximum absolute atomic E-state index is 10.9. The first kappa shape index (κ1) is 13.0. The van der Waals surface area contributed by atoms with Gasteiger partial charge in [-0.25, -0.2) is 4.79 Å². The lowest BCUT2D eigenvalue weighted by Crippen LogP contribution is -2.15. The summed E-state index contributed by atoms with van der Waals surface area (Å²) in [4.78, 5) is 12.1. The average molecular weight is 244 g/mol. The van der Waals surface area contributed by atoms with Crippen molar-refractivity contribution >= 4 is 17.3 Å². The smallest absolute Gasteiger partial charge is 0.349 e. The SMILES string of the molecule is COCCC(C)Oc1cc(C)sc1C(=O)O. The van der Waals surface area contributed by atoms with Crippen LogP contribution in [0, 0.1) is 6.92 Å². The lowest BCUT2D eigenvalue weighted by Gasteiger charge is -2.13. The normalized spacial score (nSPS) is 12.4.